The standard InChI is InChI=1S/C22H25NO4S/c1-3-14-27-17-10-6-5-8-15(17)12-13-19(24)23-21-20(22(25)26-4-2)16-9-7-11-18(16)28-21/h5-6,8,10,12-13H,3-4,7,9,11,14H2,1-2H3,(H,23,24)/b13-12+. The summed E-state index contributed by atoms with van der Waals surface area (Å²) in [6.45, 7) is 4.76. The molecule has 0 saturated heterocycles. The molecule has 0 unspecified atom stereocenters. The molecule has 1 N–H and O–H groups in total. The monoisotopic (exact) mass is 399 g/mol. The Kier molecular flexibility index (Phi) is 6.87. The number of para-hydroxylation sites is 1. The summed E-state index contributed by atoms with van der Waals surface area (Å²) in [7, 11) is 0. The molecule has 1 aliphatic carbocycles. The minimum atomic E-state index is -0.362. The number of carbonyl (C=O) groups excluding carboxylic acids is 2. The van der Waals surface area contributed by atoms with E-state index in [9.17, 15) is 9.59 Å². The topological polar surface area (TPSA) is 64.6 Å². The highest BCUT2D eigenvalue weighted by atomic mass is 32.1. The van der Waals surface area contributed by atoms with Crippen molar-refractivity contribution in [2.24, 2.45) is 0 Å². The number of hydrogen-bond donors (Lipinski definition) is 1. The van der Waals surface area contributed by atoms with Crippen molar-refractivity contribution >= 4 is 34.3 Å². The van der Waals surface area contributed by atoms with Crippen molar-refractivity contribution in [3.8, 4) is 5.75 Å². The van der Waals surface area contributed by atoms with E-state index in [1.165, 1.54) is 22.3 Å². The summed E-state index contributed by atoms with van der Waals surface area (Å²) in [5.41, 5.74) is 2.39. The van der Waals surface area contributed by atoms with Crippen molar-refractivity contribution in [2.45, 2.75) is 39.5 Å². The van der Waals surface area contributed by atoms with E-state index in [-0.39, 0.29) is 11.9 Å². The number of nitrogens with one attached hydrogen (secondary N) is 1. The number of fused-ring (bicyclic) bond motifs is 1. The Morgan fingerprint density at radius 3 is 2.82 bits per heavy atom. The van der Waals surface area contributed by atoms with E-state index in [2.05, 4.69) is 5.32 Å². The first-order valence-corrected chi connectivity index (χ1v) is 10.5. The molecule has 0 spiro atoms. The molecule has 3 rings (SSSR count). The minimum Gasteiger partial charge on any atom is -0.493 e. The molecular formula is C22H25NO4S. The number of aryl methyl sites for hydroxylation is 1. The fourth-order valence-corrected chi connectivity index (χ4v) is 4.47. The lowest BCUT2D eigenvalue weighted by atomic mass is 10.1. The second-order valence-electron chi connectivity index (χ2n) is 6.49. The van der Waals surface area contributed by atoms with Crippen LogP contribution in [-0.4, -0.2) is 25.1 Å². The molecule has 5 nitrogen and oxygen atoms in total. The molecule has 6 heteroatoms. The predicted octanol–water partition coefficient (Wildman–Crippen LogP) is 4.85. The molecule has 1 aromatic heterocycles. The Labute approximate surface area is 169 Å². The van der Waals surface area contributed by atoms with E-state index in [0.29, 0.717) is 23.8 Å². The maximum Gasteiger partial charge on any atom is 0.341 e. The number of benzene rings is 1. The predicted molar refractivity (Wildman–Crippen MR) is 112 cm³/mol. The van der Waals surface area contributed by atoms with Crippen LogP contribution in [-0.2, 0) is 22.4 Å². The number of anilines is 1. The van der Waals surface area contributed by atoms with Crippen LogP contribution in [0.25, 0.3) is 6.08 Å². The maximum absolute atomic E-state index is 12.5. The highest BCUT2D eigenvalue weighted by Crippen LogP contribution is 2.39. The first-order valence-electron chi connectivity index (χ1n) is 9.66. The molecule has 1 aliphatic rings. The molecule has 1 heterocycles. The smallest absolute Gasteiger partial charge is 0.341 e. The summed E-state index contributed by atoms with van der Waals surface area (Å²) >= 11 is 1.48. The van der Waals surface area contributed by atoms with Gasteiger partial charge in [0.05, 0.1) is 18.8 Å². The average molecular weight is 400 g/mol. The molecule has 0 fully saturated rings. The third-order valence-electron chi connectivity index (χ3n) is 4.43. The largest absolute Gasteiger partial charge is 0.493 e. The van der Waals surface area contributed by atoms with Gasteiger partial charge in [-0.05, 0) is 50.3 Å². The lowest BCUT2D eigenvalue weighted by Crippen LogP contribution is -2.13. The summed E-state index contributed by atoms with van der Waals surface area (Å²) in [6.07, 6.45) is 6.95. The van der Waals surface area contributed by atoms with E-state index in [1.54, 1.807) is 13.0 Å². The molecule has 0 aliphatic heterocycles. The van der Waals surface area contributed by atoms with E-state index < -0.39 is 0 Å². The van der Waals surface area contributed by atoms with Gasteiger partial charge in [0.1, 0.15) is 10.8 Å². The fourth-order valence-electron chi connectivity index (χ4n) is 3.19. The quantitative estimate of drug-likeness (QED) is 0.509. The van der Waals surface area contributed by atoms with Crippen molar-refractivity contribution in [3.63, 3.8) is 0 Å². The zero-order valence-corrected chi connectivity index (χ0v) is 17.1. The van der Waals surface area contributed by atoms with Crippen molar-refractivity contribution in [3.05, 3.63) is 51.9 Å². The molecule has 1 amide bonds. The van der Waals surface area contributed by atoms with Gasteiger partial charge < -0.3 is 14.8 Å². The van der Waals surface area contributed by atoms with Crippen LogP contribution < -0.4 is 10.1 Å². The third kappa shape index (κ3) is 4.62. The lowest BCUT2D eigenvalue weighted by Gasteiger charge is -2.08. The van der Waals surface area contributed by atoms with Gasteiger partial charge in [-0.25, -0.2) is 4.79 Å². The van der Waals surface area contributed by atoms with Gasteiger partial charge in [0.15, 0.2) is 0 Å². The summed E-state index contributed by atoms with van der Waals surface area (Å²) in [5, 5.41) is 3.44. The summed E-state index contributed by atoms with van der Waals surface area (Å²) in [6, 6.07) is 7.59. The van der Waals surface area contributed by atoms with Gasteiger partial charge in [-0.1, -0.05) is 25.1 Å². The van der Waals surface area contributed by atoms with E-state index in [1.807, 2.05) is 31.2 Å². The number of carbonyl (C=O) groups is 2. The van der Waals surface area contributed by atoms with Crippen LogP contribution in [0.15, 0.2) is 30.3 Å². The van der Waals surface area contributed by atoms with Gasteiger partial charge in [0.2, 0.25) is 5.91 Å². The first kappa shape index (κ1) is 20.1. The molecule has 0 radical (unpaired) electrons. The van der Waals surface area contributed by atoms with Gasteiger partial charge in [-0.2, -0.15) is 0 Å². The molecule has 2 aromatic rings. The van der Waals surface area contributed by atoms with Crippen LogP contribution in [0.3, 0.4) is 0 Å². The maximum atomic E-state index is 12.5. The van der Waals surface area contributed by atoms with Crippen LogP contribution >= 0.6 is 11.3 Å². The number of esters is 1. The normalized spacial score (nSPS) is 12.8. The van der Waals surface area contributed by atoms with Crippen LogP contribution in [0.2, 0.25) is 0 Å². The number of ether oxygens (including phenoxy) is 2. The van der Waals surface area contributed by atoms with Crippen LogP contribution in [0.5, 0.6) is 5.75 Å². The summed E-state index contributed by atoms with van der Waals surface area (Å²) in [4.78, 5) is 26.0. The summed E-state index contributed by atoms with van der Waals surface area (Å²) in [5.74, 6) is 0.103. The van der Waals surface area contributed by atoms with E-state index in [4.69, 9.17) is 9.47 Å². The molecule has 28 heavy (non-hydrogen) atoms. The fraction of sp³-hybridized carbons (Fsp3) is 0.364. The SMILES string of the molecule is CCCOc1ccccc1/C=C/C(=O)Nc1sc2c(c1C(=O)OCC)CCC2. The number of hydrogen-bond acceptors (Lipinski definition) is 5. The Bertz CT molecular complexity index is 885. The zero-order valence-electron chi connectivity index (χ0n) is 16.2. The molecule has 0 atom stereocenters. The Morgan fingerprint density at radius 2 is 2.04 bits per heavy atom. The molecule has 0 bridgehead atoms. The highest BCUT2D eigenvalue weighted by Gasteiger charge is 2.28. The van der Waals surface area contributed by atoms with Crippen molar-refractivity contribution in [2.75, 3.05) is 18.5 Å². The van der Waals surface area contributed by atoms with Crippen molar-refractivity contribution in [1.29, 1.82) is 0 Å². The number of amides is 1. The third-order valence-corrected chi connectivity index (χ3v) is 5.64. The zero-order chi connectivity index (χ0) is 19.9. The van der Waals surface area contributed by atoms with Gasteiger partial charge in [0.25, 0.3) is 0 Å². The molecule has 148 valence electrons. The highest BCUT2D eigenvalue weighted by molar-refractivity contribution is 7.17. The molecule has 1 aromatic carbocycles. The minimum absolute atomic E-state index is 0.282. The first-order chi connectivity index (χ1) is 13.6. The Balaban J connectivity index is 1.76. The van der Waals surface area contributed by atoms with Crippen LogP contribution in [0.4, 0.5) is 5.00 Å². The number of rotatable bonds is 8. The summed E-state index contributed by atoms with van der Waals surface area (Å²) < 4.78 is 10.9. The van der Waals surface area contributed by atoms with E-state index >= 15 is 0 Å². The van der Waals surface area contributed by atoms with Crippen molar-refractivity contribution < 1.29 is 19.1 Å². The lowest BCUT2D eigenvalue weighted by molar-refractivity contribution is -0.111. The Hall–Kier alpha value is -2.60. The second-order valence-corrected chi connectivity index (χ2v) is 7.60. The van der Waals surface area contributed by atoms with Gasteiger partial charge in [0, 0.05) is 16.5 Å². The average Bonchev–Trinajstić information content (AvgIpc) is 3.26. The van der Waals surface area contributed by atoms with Crippen LogP contribution in [0.1, 0.15) is 53.1 Å². The Morgan fingerprint density at radius 1 is 1.21 bits per heavy atom. The number of thiophene rings is 1. The van der Waals surface area contributed by atoms with Crippen LogP contribution in [0, 0.1) is 0 Å². The molecular weight excluding hydrogens is 374 g/mol. The molecule has 0 saturated carbocycles. The van der Waals surface area contributed by atoms with Crippen molar-refractivity contribution in [1.82, 2.24) is 0 Å². The van der Waals surface area contributed by atoms with Gasteiger partial charge >= 0.3 is 5.97 Å². The second kappa shape index (κ2) is 9.55. The van der Waals surface area contributed by atoms with Gasteiger partial charge in [-0.3, -0.25) is 4.79 Å². The van der Waals surface area contributed by atoms with Gasteiger partial charge in [-0.15, -0.1) is 11.3 Å². The van der Waals surface area contributed by atoms with E-state index in [0.717, 1.165) is 42.6 Å².